The van der Waals surface area contributed by atoms with Gasteiger partial charge >= 0.3 is 5.97 Å². The summed E-state index contributed by atoms with van der Waals surface area (Å²) < 4.78 is 0. The number of rotatable bonds is 8. The highest BCUT2D eigenvalue weighted by Gasteiger charge is 2.39. The Morgan fingerprint density at radius 2 is 2.00 bits per heavy atom. The summed E-state index contributed by atoms with van der Waals surface area (Å²) in [4.78, 5) is 46.6. The van der Waals surface area contributed by atoms with E-state index in [9.17, 15) is 19.2 Å². The minimum atomic E-state index is -0.996. The molecule has 0 saturated carbocycles. The average Bonchev–Trinajstić information content (AvgIpc) is 2.77. The van der Waals surface area contributed by atoms with Crippen LogP contribution in [0.4, 0.5) is 0 Å². The van der Waals surface area contributed by atoms with Crippen molar-refractivity contribution in [2.45, 2.75) is 38.5 Å². The quantitative estimate of drug-likeness (QED) is 0.515. The molecule has 2 atom stereocenters. The maximum Gasteiger partial charge on any atom is 0.321 e. The van der Waals surface area contributed by atoms with Gasteiger partial charge in [0.1, 0.15) is 6.04 Å². The predicted molar refractivity (Wildman–Crippen MR) is 88.1 cm³/mol. The summed E-state index contributed by atoms with van der Waals surface area (Å²) in [6.07, 6.45) is 0.0691. The zero-order valence-electron chi connectivity index (χ0n) is 13.9. The van der Waals surface area contributed by atoms with Gasteiger partial charge in [0.05, 0.1) is 5.25 Å². The Kier molecular flexibility index (Phi) is 10.2. The van der Waals surface area contributed by atoms with Gasteiger partial charge in [-0.15, -0.1) is 11.8 Å². The number of hydrogen-bond acceptors (Lipinski definition) is 6. The molecular weight excluding hydrogens is 322 g/mol. The van der Waals surface area contributed by atoms with E-state index in [1.165, 1.54) is 14.0 Å². The normalized spacial score (nSPS) is 18.3. The van der Waals surface area contributed by atoms with Crippen LogP contribution >= 0.6 is 11.8 Å². The lowest BCUT2D eigenvalue weighted by Gasteiger charge is -2.16. The Labute approximate surface area is 140 Å². The molecule has 1 aliphatic heterocycles. The van der Waals surface area contributed by atoms with Gasteiger partial charge in [-0.1, -0.05) is 13.8 Å². The largest absolute Gasteiger partial charge is 0.480 e. The van der Waals surface area contributed by atoms with Crippen LogP contribution < -0.4 is 10.6 Å². The van der Waals surface area contributed by atoms with Gasteiger partial charge in [-0.05, 0) is 7.05 Å². The maximum atomic E-state index is 12.1. The van der Waals surface area contributed by atoms with Crippen LogP contribution in [-0.4, -0.2) is 70.9 Å². The van der Waals surface area contributed by atoms with Crippen molar-refractivity contribution in [2.75, 3.05) is 25.9 Å². The molecule has 0 spiro atoms. The third kappa shape index (κ3) is 7.00. The standard InChI is InChI=1S/C12H19N3O5S.C2H6/c1-7(16)14-3-4-15-10(17)5-9(11(15)18)21-6-8(13-2)12(19)20;1-2/h8-9,13H,3-6H2,1-2H3,(H,14,16)(H,19,20);1-2H3. The van der Waals surface area contributed by atoms with E-state index in [0.717, 1.165) is 16.7 Å². The second-order valence-electron chi connectivity index (χ2n) is 4.57. The Balaban J connectivity index is 0.00000232. The summed E-state index contributed by atoms with van der Waals surface area (Å²) >= 11 is 1.16. The number of nitrogens with zero attached hydrogens (tertiary/aromatic N) is 1. The van der Waals surface area contributed by atoms with E-state index in [1.54, 1.807) is 0 Å². The van der Waals surface area contributed by atoms with E-state index in [4.69, 9.17) is 5.11 Å². The minimum Gasteiger partial charge on any atom is -0.480 e. The molecule has 0 bridgehead atoms. The zero-order chi connectivity index (χ0) is 18.0. The number of likely N-dealkylation sites (tertiary alicyclic amines) is 1. The molecule has 0 radical (unpaired) electrons. The van der Waals surface area contributed by atoms with Crippen molar-refractivity contribution in [3.05, 3.63) is 0 Å². The molecule has 1 rings (SSSR count). The number of carbonyl (C=O) groups excluding carboxylic acids is 3. The number of thioether (sulfide) groups is 1. The van der Waals surface area contributed by atoms with Gasteiger partial charge in [-0.2, -0.15) is 0 Å². The molecule has 3 amide bonds. The molecule has 0 aromatic carbocycles. The van der Waals surface area contributed by atoms with Gasteiger partial charge in [0.2, 0.25) is 17.7 Å². The summed E-state index contributed by atoms with van der Waals surface area (Å²) in [6, 6.07) is -0.758. The number of carboxylic acids is 1. The number of carbonyl (C=O) groups is 4. The molecule has 1 saturated heterocycles. The molecule has 23 heavy (non-hydrogen) atoms. The molecular formula is C14H25N3O5S. The van der Waals surface area contributed by atoms with Gasteiger partial charge in [0.15, 0.2) is 0 Å². The highest BCUT2D eigenvalue weighted by atomic mass is 32.2. The number of amides is 3. The smallest absolute Gasteiger partial charge is 0.321 e. The van der Waals surface area contributed by atoms with Crippen molar-refractivity contribution in [2.24, 2.45) is 0 Å². The number of carboxylic acid groups (broad SMARTS) is 1. The molecule has 3 N–H and O–H groups in total. The van der Waals surface area contributed by atoms with Crippen LogP contribution in [0.5, 0.6) is 0 Å². The summed E-state index contributed by atoms with van der Waals surface area (Å²) in [6.45, 7) is 5.72. The molecule has 0 aromatic rings. The van der Waals surface area contributed by atoms with Crippen molar-refractivity contribution < 1.29 is 24.3 Å². The predicted octanol–water partition coefficient (Wildman–Crippen LogP) is -0.318. The van der Waals surface area contributed by atoms with Gasteiger partial charge in [0, 0.05) is 32.2 Å². The van der Waals surface area contributed by atoms with Gasteiger partial charge < -0.3 is 15.7 Å². The first-order valence-corrected chi connectivity index (χ1v) is 8.52. The van der Waals surface area contributed by atoms with Crippen LogP contribution in [0.15, 0.2) is 0 Å². The fourth-order valence-electron chi connectivity index (χ4n) is 1.85. The molecule has 1 fully saturated rings. The summed E-state index contributed by atoms with van der Waals surface area (Å²) in [5.41, 5.74) is 0. The van der Waals surface area contributed by atoms with Gasteiger partial charge in [-0.25, -0.2) is 0 Å². The van der Waals surface area contributed by atoms with Crippen LogP contribution in [0.1, 0.15) is 27.2 Å². The summed E-state index contributed by atoms with van der Waals surface area (Å²) in [5.74, 6) is -1.63. The molecule has 8 nitrogen and oxygen atoms in total. The first-order chi connectivity index (χ1) is 10.9. The summed E-state index contributed by atoms with van der Waals surface area (Å²) in [5, 5.41) is 13.5. The van der Waals surface area contributed by atoms with Crippen molar-refractivity contribution in [3.8, 4) is 0 Å². The SMILES string of the molecule is CC.CNC(CSC1CC(=O)N(CCNC(C)=O)C1=O)C(=O)O. The maximum absolute atomic E-state index is 12.1. The number of aliphatic carboxylic acids is 1. The second-order valence-corrected chi connectivity index (χ2v) is 5.81. The molecule has 0 aromatic heterocycles. The Bertz CT molecular complexity index is 444. The highest BCUT2D eigenvalue weighted by Crippen LogP contribution is 2.25. The highest BCUT2D eigenvalue weighted by molar-refractivity contribution is 8.00. The van der Waals surface area contributed by atoms with E-state index < -0.39 is 17.3 Å². The molecule has 9 heteroatoms. The van der Waals surface area contributed by atoms with Crippen molar-refractivity contribution in [3.63, 3.8) is 0 Å². The fraction of sp³-hybridized carbons (Fsp3) is 0.714. The Morgan fingerprint density at radius 1 is 1.39 bits per heavy atom. The second kappa shape index (κ2) is 11.0. The van der Waals surface area contributed by atoms with E-state index in [0.29, 0.717) is 0 Å². The lowest BCUT2D eigenvalue weighted by Crippen LogP contribution is -2.39. The number of nitrogens with one attached hydrogen (secondary N) is 2. The van der Waals surface area contributed by atoms with E-state index in [2.05, 4.69) is 10.6 Å². The Morgan fingerprint density at radius 3 is 2.48 bits per heavy atom. The van der Waals surface area contributed by atoms with Crippen molar-refractivity contribution >= 4 is 35.5 Å². The van der Waals surface area contributed by atoms with E-state index in [-0.39, 0.29) is 43.0 Å². The van der Waals surface area contributed by atoms with Crippen LogP contribution in [0.3, 0.4) is 0 Å². The van der Waals surface area contributed by atoms with Crippen LogP contribution in [0, 0.1) is 0 Å². The number of hydrogen-bond donors (Lipinski definition) is 3. The monoisotopic (exact) mass is 347 g/mol. The molecule has 1 heterocycles. The molecule has 132 valence electrons. The third-order valence-corrected chi connectivity index (χ3v) is 4.32. The zero-order valence-corrected chi connectivity index (χ0v) is 14.7. The van der Waals surface area contributed by atoms with Crippen LogP contribution in [-0.2, 0) is 19.2 Å². The fourth-order valence-corrected chi connectivity index (χ4v) is 3.12. The topological polar surface area (TPSA) is 116 Å². The molecule has 2 unspecified atom stereocenters. The van der Waals surface area contributed by atoms with Crippen molar-refractivity contribution in [1.82, 2.24) is 15.5 Å². The first kappa shape index (κ1) is 21.4. The van der Waals surface area contributed by atoms with Gasteiger partial charge in [0.25, 0.3) is 0 Å². The summed E-state index contributed by atoms with van der Waals surface area (Å²) in [7, 11) is 1.53. The van der Waals surface area contributed by atoms with Crippen molar-refractivity contribution in [1.29, 1.82) is 0 Å². The number of imide groups is 1. The average molecular weight is 347 g/mol. The van der Waals surface area contributed by atoms with E-state index in [1.807, 2.05) is 13.8 Å². The van der Waals surface area contributed by atoms with E-state index >= 15 is 0 Å². The molecule has 1 aliphatic rings. The Hall–Kier alpha value is -1.61. The van der Waals surface area contributed by atoms with Crippen LogP contribution in [0.25, 0.3) is 0 Å². The number of likely N-dealkylation sites (N-methyl/N-ethyl adjacent to an activating group) is 1. The first-order valence-electron chi connectivity index (χ1n) is 7.47. The molecule has 0 aliphatic carbocycles. The van der Waals surface area contributed by atoms with Crippen LogP contribution in [0.2, 0.25) is 0 Å². The third-order valence-electron chi connectivity index (χ3n) is 3.02. The lowest BCUT2D eigenvalue weighted by atomic mass is 10.3. The minimum absolute atomic E-state index is 0.0691. The van der Waals surface area contributed by atoms with Gasteiger partial charge in [-0.3, -0.25) is 24.1 Å². The lowest BCUT2D eigenvalue weighted by molar-refractivity contribution is -0.139.